The molecular formula is C15H22N2O2. The van der Waals surface area contributed by atoms with E-state index >= 15 is 0 Å². The molecule has 1 fully saturated rings. The topological polar surface area (TPSA) is 55.6 Å². The lowest BCUT2D eigenvalue weighted by atomic mass is 10.2. The Morgan fingerprint density at radius 2 is 2.26 bits per heavy atom. The Morgan fingerprint density at radius 3 is 2.89 bits per heavy atom. The maximum absolute atomic E-state index is 12.5. The lowest BCUT2D eigenvalue weighted by Crippen LogP contribution is -2.37. The third-order valence-electron chi connectivity index (χ3n) is 3.17. The standard InChI is InChI=1S/C15H22N2O2/c1-2-10-19-14-5-3-4-12(11-14)15(18)17(9-8-16)13-6-7-13/h3-5,11,13H,2,6-10,16H2,1H3. The van der Waals surface area contributed by atoms with Gasteiger partial charge in [-0.3, -0.25) is 4.79 Å². The van der Waals surface area contributed by atoms with Crippen LogP contribution >= 0.6 is 0 Å². The number of amides is 1. The number of rotatable bonds is 7. The number of ether oxygens (including phenoxy) is 1. The van der Waals surface area contributed by atoms with E-state index in [4.69, 9.17) is 10.5 Å². The van der Waals surface area contributed by atoms with Crippen LogP contribution in [-0.4, -0.2) is 36.5 Å². The van der Waals surface area contributed by atoms with Gasteiger partial charge in [-0.25, -0.2) is 0 Å². The van der Waals surface area contributed by atoms with Crippen LogP contribution < -0.4 is 10.5 Å². The fraction of sp³-hybridized carbons (Fsp3) is 0.533. The van der Waals surface area contributed by atoms with E-state index in [1.807, 2.05) is 29.2 Å². The summed E-state index contributed by atoms with van der Waals surface area (Å²) in [5.41, 5.74) is 6.28. The molecule has 1 saturated carbocycles. The monoisotopic (exact) mass is 262 g/mol. The van der Waals surface area contributed by atoms with E-state index < -0.39 is 0 Å². The molecule has 4 heteroatoms. The number of carbonyl (C=O) groups is 1. The van der Waals surface area contributed by atoms with Crippen molar-refractivity contribution in [2.75, 3.05) is 19.7 Å². The summed E-state index contributed by atoms with van der Waals surface area (Å²) < 4.78 is 5.57. The first-order valence-corrected chi connectivity index (χ1v) is 7.00. The molecule has 0 aliphatic heterocycles. The minimum Gasteiger partial charge on any atom is -0.494 e. The van der Waals surface area contributed by atoms with Crippen LogP contribution in [0.25, 0.3) is 0 Å². The van der Waals surface area contributed by atoms with Crippen molar-refractivity contribution in [1.29, 1.82) is 0 Å². The summed E-state index contributed by atoms with van der Waals surface area (Å²) in [5, 5.41) is 0. The third-order valence-corrected chi connectivity index (χ3v) is 3.17. The highest BCUT2D eigenvalue weighted by Gasteiger charge is 2.32. The Labute approximate surface area is 114 Å². The smallest absolute Gasteiger partial charge is 0.254 e. The number of hydrogen-bond donors (Lipinski definition) is 1. The van der Waals surface area contributed by atoms with Gasteiger partial charge in [0.25, 0.3) is 5.91 Å². The molecule has 19 heavy (non-hydrogen) atoms. The van der Waals surface area contributed by atoms with E-state index in [-0.39, 0.29) is 5.91 Å². The SMILES string of the molecule is CCCOc1cccc(C(=O)N(CCN)C2CC2)c1. The van der Waals surface area contributed by atoms with Crippen molar-refractivity contribution in [3.05, 3.63) is 29.8 Å². The van der Waals surface area contributed by atoms with Gasteiger partial charge in [0, 0.05) is 24.7 Å². The predicted octanol–water partition coefficient (Wildman–Crippen LogP) is 2.04. The molecule has 0 aromatic heterocycles. The molecule has 0 saturated heterocycles. The first-order chi connectivity index (χ1) is 9.26. The van der Waals surface area contributed by atoms with Gasteiger partial charge in [-0.2, -0.15) is 0 Å². The van der Waals surface area contributed by atoms with E-state index in [1.54, 1.807) is 0 Å². The largest absolute Gasteiger partial charge is 0.494 e. The minimum atomic E-state index is 0.0647. The fourth-order valence-electron chi connectivity index (χ4n) is 2.08. The second-order valence-electron chi connectivity index (χ2n) is 4.89. The molecule has 0 atom stereocenters. The van der Waals surface area contributed by atoms with Crippen molar-refractivity contribution in [1.82, 2.24) is 4.90 Å². The minimum absolute atomic E-state index is 0.0647. The molecule has 1 aromatic rings. The van der Waals surface area contributed by atoms with Crippen molar-refractivity contribution in [2.24, 2.45) is 5.73 Å². The second kappa shape index (κ2) is 6.57. The molecule has 0 heterocycles. The van der Waals surface area contributed by atoms with Crippen LogP contribution in [0.4, 0.5) is 0 Å². The number of hydrogen-bond acceptors (Lipinski definition) is 3. The van der Waals surface area contributed by atoms with Gasteiger partial charge >= 0.3 is 0 Å². The zero-order valence-electron chi connectivity index (χ0n) is 11.5. The summed E-state index contributed by atoms with van der Waals surface area (Å²) in [5.74, 6) is 0.825. The normalized spacial score (nSPS) is 14.2. The van der Waals surface area contributed by atoms with E-state index in [1.165, 1.54) is 0 Å². The highest BCUT2D eigenvalue weighted by Crippen LogP contribution is 2.28. The van der Waals surface area contributed by atoms with Crippen LogP contribution in [0.2, 0.25) is 0 Å². The Morgan fingerprint density at radius 1 is 1.47 bits per heavy atom. The first-order valence-electron chi connectivity index (χ1n) is 7.00. The first kappa shape index (κ1) is 13.9. The molecule has 0 unspecified atom stereocenters. The fourth-order valence-corrected chi connectivity index (χ4v) is 2.08. The number of nitrogens with two attached hydrogens (primary N) is 1. The molecule has 2 N–H and O–H groups in total. The Balaban J connectivity index is 2.08. The van der Waals surface area contributed by atoms with E-state index in [9.17, 15) is 4.79 Å². The highest BCUT2D eigenvalue weighted by atomic mass is 16.5. The third kappa shape index (κ3) is 3.70. The maximum atomic E-state index is 12.5. The molecular weight excluding hydrogens is 240 g/mol. The van der Waals surface area contributed by atoms with E-state index in [2.05, 4.69) is 6.92 Å². The number of nitrogens with zero attached hydrogens (tertiary/aromatic N) is 1. The maximum Gasteiger partial charge on any atom is 0.254 e. The van der Waals surface area contributed by atoms with Crippen molar-refractivity contribution in [2.45, 2.75) is 32.2 Å². The molecule has 1 aliphatic carbocycles. The summed E-state index contributed by atoms with van der Waals surface area (Å²) in [6.45, 7) is 3.87. The van der Waals surface area contributed by atoms with Gasteiger partial charge in [-0.05, 0) is 37.5 Å². The van der Waals surface area contributed by atoms with Gasteiger partial charge in [0.1, 0.15) is 5.75 Å². The van der Waals surface area contributed by atoms with Gasteiger partial charge < -0.3 is 15.4 Å². The van der Waals surface area contributed by atoms with Crippen LogP contribution in [0.1, 0.15) is 36.5 Å². The Bertz CT molecular complexity index is 430. The zero-order valence-corrected chi connectivity index (χ0v) is 11.5. The van der Waals surface area contributed by atoms with Crippen LogP contribution in [0, 0.1) is 0 Å². The molecule has 0 spiro atoms. The van der Waals surface area contributed by atoms with Crippen molar-refractivity contribution in [3.63, 3.8) is 0 Å². The van der Waals surface area contributed by atoms with Crippen LogP contribution in [0.15, 0.2) is 24.3 Å². The molecule has 0 radical (unpaired) electrons. The average molecular weight is 262 g/mol. The molecule has 1 amide bonds. The summed E-state index contributed by atoms with van der Waals surface area (Å²) in [6.07, 6.45) is 3.15. The van der Waals surface area contributed by atoms with Crippen LogP contribution in [0.5, 0.6) is 5.75 Å². The van der Waals surface area contributed by atoms with E-state index in [0.717, 1.165) is 25.0 Å². The van der Waals surface area contributed by atoms with Crippen LogP contribution in [-0.2, 0) is 0 Å². The lowest BCUT2D eigenvalue weighted by molar-refractivity contribution is 0.0747. The van der Waals surface area contributed by atoms with Crippen LogP contribution in [0.3, 0.4) is 0 Å². The Kier molecular flexibility index (Phi) is 4.80. The van der Waals surface area contributed by atoms with Gasteiger partial charge in [-0.1, -0.05) is 13.0 Å². The number of benzene rings is 1. The highest BCUT2D eigenvalue weighted by molar-refractivity contribution is 5.95. The lowest BCUT2D eigenvalue weighted by Gasteiger charge is -2.21. The molecule has 1 aliphatic rings. The molecule has 0 bridgehead atoms. The summed E-state index contributed by atoms with van der Waals surface area (Å²) in [6, 6.07) is 7.80. The predicted molar refractivity (Wildman–Crippen MR) is 75.3 cm³/mol. The Hall–Kier alpha value is -1.55. The van der Waals surface area contributed by atoms with Gasteiger partial charge in [0.05, 0.1) is 6.61 Å². The summed E-state index contributed by atoms with van der Waals surface area (Å²) in [4.78, 5) is 14.3. The van der Waals surface area contributed by atoms with Crippen molar-refractivity contribution < 1.29 is 9.53 Å². The number of carbonyl (C=O) groups excluding carboxylic acids is 1. The quantitative estimate of drug-likeness (QED) is 0.818. The second-order valence-corrected chi connectivity index (χ2v) is 4.89. The molecule has 2 rings (SSSR count). The summed E-state index contributed by atoms with van der Waals surface area (Å²) >= 11 is 0. The van der Waals surface area contributed by atoms with Crippen molar-refractivity contribution in [3.8, 4) is 5.75 Å². The molecule has 1 aromatic carbocycles. The van der Waals surface area contributed by atoms with Gasteiger partial charge in [0.15, 0.2) is 0 Å². The summed E-state index contributed by atoms with van der Waals surface area (Å²) in [7, 11) is 0. The average Bonchev–Trinajstić information content (AvgIpc) is 3.26. The zero-order chi connectivity index (χ0) is 13.7. The van der Waals surface area contributed by atoms with Gasteiger partial charge in [0.2, 0.25) is 0 Å². The van der Waals surface area contributed by atoms with E-state index in [0.29, 0.717) is 31.3 Å². The van der Waals surface area contributed by atoms with Crippen molar-refractivity contribution >= 4 is 5.91 Å². The molecule has 104 valence electrons. The molecule has 4 nitrogen and oxygen atoms in total. The van der Waals surface area contributed by atoms with Gasteiger partial charge in [-0.15, -0.1) is 0 Å².